The molecule has 0 aliphatic carbocycles. The highest BCUT2D eigenvalue weighted by molar-refractivity contribution is 5.19. The van der Waals surface area contributed by atoms with E-state index in [9.17, 15) is 40.9 Å². The Kier molecular flexibility index (Phi) is 27.2. The largest absolute Gasteiger partial charge is 0.394 e. The Labute approximate surface area is 569 Å². The molecule has 5 aliphatic rings. The van der Waals surface area contributed by atoms with Gasteiger partial charge in [0.1, 0.15) is 110 Å². The van der Waals surface area contributed by atoms with E-state index in [0.717, 1.165) is 33.4 Å². The first-order valence-corrected chi connectivity index (χ1v) is 33.1. The van der Waals surface area contributed by atoms with Gasteiger partial charge in [0.25, 0.3) is 0 Å². The van der Waals surface area contributed by atoms with Gasteiger partial charge in [-0.2, -0.15) is 0 Å². The Balaban J connectivity index is 0.893. The van der Waals surface area contributed by atoms with Crippen LogP contribution in [-0.2, 0) is 115 Å². The molecule has 25 atom stereocenters. The molecule has 5 heterocycles. The van der Waals surface area contributed by atoms with E-state index in [2.05, 4.69) is 0 Å². The van der Waals surface area contributed by atoms with Crippen molar-refractivity contribution in [3.63, 3.8) is 0 Å². The van der Waals surface area contributed by atoms with Crippen molar-refractivity contribution in [3.8, 4) is 0 Å². The fourth-order valence-electron chi connectivity index (χ4n) is 12.6. The van der Waals surface area contributed by atoms with Crippen LogP contribution in [0.4, 0.5) is 0 Å². The van der Waals surface area contributed by atoms with E-state index in [0.29, 0.717) is 0 Å². The standard InChI is InChI=1S/C73H91NO24/c1-43-55(76)57(78)59(80)70(92-43)90-42-53-62(85-35-45-23-11-4-12-24-45)61(82)66(87-37-47-27-15-6-16-28-47)73(96-53)97-64-52(40-84-34-44-21-9-3-10-22-44)95-69(83-2)54(74)65(64)98-71-60(81)58(79)56(77)51(94-71)41-91-72-68(89-39-49-31-19-8-20-32-49)67(88-38-48-29-17-7-18-30-48)63(50(33-75)93-72)86-36-46-25-13-5-14-26-46/h3-32,43,50-73,75-82H,33-42,74H2,1-2H3/t43-,50+,51+,52+,53+,54+,55-,56+,57+,58-,59+,60+,61-,62+,63+,64-,65+,66+,67-,68+,69-,70+,71-,72-,73+/m0/s1. The second-order valence-corrected chi connectivity index (χ2v) is 25.0. The summed E-state index contributed by atoms with van der Waals surface area (Å²) in [5.41, 5.74) is 11.9. The lowest BCUT2D eigenvalue weighted by Crippen LogP contribution is -2.69. The summed E-state index contributed by atoms with van der Waals surface area (Å²) in [5, 5.41) is 92.0. The lowest BCUT2D eigenvalue weighted by Gasteiger charge is -2.50. The molecular formula is C73H91NO24. The van der Waals surface area contributed by atoms with Gasteiger partial charge in [-0.1, -0.05) is 182 Å². The van der Waals surface area contributed by atoms with E-state index in [1.54, 1.807) is 0 Å². The first-order valence-electron chi connectivity index (χ1n) is 33.1. The summed E-state index contributed by atoms with van der Waals surface area (Å²) in [6.45, 7) is 0.0568. The molecule has 25 heteroatoms. The predicted molar refractivity (Wildman–Crippen MR) is 346 cm³/mol. The van der Waals surface area contributed by atoms with Gasteiger partial charge in [0.2, 0.25) is 0 Å². The zero-order valence-corrected chi connectivity index (χ0v) is 54.5. The molecule has 98 heavy (non-hydrogen) atoms. The molecule has 532 valence electrons. The van der Waals surface area contributed by atoms with E-state index < -0.39 is 173 Å². The fourth-order valence-corrected chi connectivity index (χ4v) is 12.6. The van der Waals surface area contributed by atoms with E-state index in [4.69, 9.17) is 81.5 Å². The van der Waals surface area contributed by atoms with E-state index in [1.165, 1.54) is 14.0 Å². The molecule has 0 saturated carbocycles. The molecule has 0 bridgehead atoms. The quantitative estimate of drug-likeness (QED) is 0.0302. The molecule has 0 amide bonds. The molecule has 0 aromatic heterocycles. The number of aliphatic hydroxyl groups is 8. The molecule has 0 unspecified atom stereocenters. The number of hydrogen-bond acceptors (Lipinski definition) is 25. The number of hydrogen-bond donors (Lipinski definition) is 9. The lowest BCUT2D eigenvalue weighted by molar-refractivity contribution is -0.383. The minimum Gasteiger partial charge on any atom is -0.394 e. The fraction of sp³-hybridized carbons (Fsp3) is 0.507. The highest BCUT2D eigenvalue weighted by atomic mass is 16.8. The second kappa shape index (κ2) is 36.3. The third-order valence-corrected chi connectivity index (χ3v) is 18.0. The van der Waals surface area contributed by atoms with Crippen molar-refractivity contribution < 1.29 is 117 Å². The highest BCUT2D eigenvalue weighted by Crippen LogP contribution is 2.38. The third-order valence-electron chi connectivity index (χ3n) is 18.0. The molecular weight excluding hydrogens is 1270 g/mol. The molecule has 6 aromatic carbocycles. The lowest BCUT2D eigenvalue weighted by atomic mass is 9.94. The van der Waals surface area contributed by atoms with Crippen LogP contribution in [-0.4, -0.2) is 228 Å². The molecule has 0 spiro atoms. The van der Waals surface area contributed by atoms with Crippen LogP contribution in [0.5, 0.6) is 0 Å². The molecule has 6 aromatic rings. The van der Waals surface area contributed by atoms with Crippen LogP contribution in [0.2, 0.25) is 0 Å². The smallest absolute Gasteiger partial charge is 0.187 e. The minimum absolute atomic E-state index is 0.0194. The molecule has 25 nitrogen and oxygen atoms in total. The van der Waals surface area contributed by atoms with Gasteiger partial charge < -0.3 is 122 Å². The molecule has 5 aliphatic heterocycles. The molecule has 5 saturated heterocycles. The summed E-state index contributed by atoms with van der Waals surface area (Å²) in [5.74, 6) is 0. The van der Waals surface area contributed by atoms with Gasteiger partial charge in [0.15, 0.2) is 31.5 Å². The first-order chi connectivity index (χ1) is 47.7. The van der Waals surface area contributed by atoms with E-state index in [-0.39, 0.29) is 46.2 Å². The van der Waals surface area contributed by atoms with E-state index in [1.807, 2.05) is 182 Å². The topological polar surface area (TPSA) is 336 Å². The molecule has 5 fully saturated rings. The van der Waals surface area contributed by atoms with Crippen molar-refractivity contribution in [3.05, 3.63) is 215 Å². The van der Waals surface area contributed by atoms with Crippen molar-refractivity contribution in [1.82, 2.24) is 0 Å². The SMILES string of the molecule is CO[C@H]1O[C@H](COCc2ccccc2)[C@H](O[C@H]2O[C@H](CO[C@@H]3O[C@@H](C)[C@H](O)[C@@H](O)[C@H]3O)[C@@H](OCc3ccccc3)[C@H](O)[C@H]2OCc2ccccc2)[C@H](O[C@@H]2O[C@H](CO[C@H]3O[C@H](CO)[C@@H](OCc4ccccc4)[C@H](OCc4ccccc4)[C@H]3OCc3ccccc3)[C@@H](O)[C@H](O)[C@H]2O)[C@H]1N. The zero-order chi connectivity index (χ0) is 68.5. The predicted octanol–water partition coefficient (Wildman–Crippen LogP) is 3.07. The summed E-state index contributed by atoms with van der Waals surface area (Å²) < 4.78 is 104. The van der Waals surface area contributed by atoms with Crippen LogP contribution in [0, 0.1) is 0 Å². The summed E-state index contributed by atoms with van der Waals surface area (Å²) in [4.78, 5) is 0. The molecule has 0 radical (unpaired) electrons. The summed E-state index contributed by atoms with van der Waals surface area (Å²) in [7, 11) is 1.37. The Morgan fingerprint density at radius 2 is 0.704 bits per heavy atom. The van der Waals surface area contributed by atoms with E-state index >= 15 is 0 Å². The maximum Gasteiger partial charge on any atom is 0.187 e. The maximum atomic E-state index is 12.8. The van der Waals surface area contributed by atoms with Gasteiger partial charge in [0, 0.05) is 7.11 Å². The van der Waals surface area contributed by atoms with Crippen molar-refractivity contribution in [2.24, 2.45) is 5.73 Å². The van der Waals surface area contributed by atoms with Gasteiger partial charge in [-0.05, 0) is 40.3 Å². The number of benzene rings is 6. The van der Waals surface area contributed by atoms with Crippen LogP contribution < -0.4 is 5.73 Å². The third kappa shape index (κ3) is 18.9. The Hall–Kier alpha value is -5.68. The van der Waals surface area contributed by atoms with Gasteiger partial charge in [-0.15, -0.1) is 0 Å². The number of aliphatic hydroxyl groups excluding tert-OH is 8. The number of ether oxygens (including phenoxy) is 16. The average Bonchev–Trinajstić information content (AvgIpc) is 0.787. The Morgan fingerprint density at radius 3 is 1.21 bits per heavy atom. The molecule has 10 N–H and O–H groups in total. The van der Waals surface area contributed by atoms with Crippen molar-refractivity contribution in [2.45, 2.75) is 200 Å². The van der Waals surface area contributed by atoms with Crippen molar-refractivity contribution >= 4 is 0 Å². The van der Waals surface area contributed by atoms with Crippen LogP contribution in [0.1, 0.15) is 40.3 Å². The summed E-state index contributed by atoms with van der Waals surface area (Å²) >= 11 is 0. The molecule has 11 rings (SSSR count). The monoisotopic (exact) mass is 1370 g/mol. The van der Waals surface area contributed by atoms with Crippen LogP contribution in [0.15, 0.2) is 182 Å². The highest BCUT2D eigenvalue weighted by Gasteiger charge is 2.56. The van der Waals surface area contributed by atoms with Crippen molar-refractivity contribution in [2.75, 3.05) is 33.5 Å². The van der Waals surface area contributed by atoms with Crippen LogP contribution in [0.25, 0.3) is 0 Å². The van der Waals surface area contributed by atoms with Gasteiger partial charge in [-0.25, -0.2) is 0 Å². The average molecular weight is 1370 g/mol. The second-order valence-electron chi connectivity index (χ2n) is 25.0. The Morgan fingerprint density at radius 1 is 0.316 bits per heavy atom. The summed E-state index contributed by atoms with van der Waals surface area (Å²) in [6, 6.07) is 54.8. The summed E-state index contributed by atoms with van der Waals surface area (Å²) in [6.07, 6.45) is -34.1. The number of methoxy groups -OCH3 is 1. The normalized spacial score (nSPS) is 35.2. The van der Waals surface area contributed by atoms with Crippen LogP contribution in [0.3, 0.4) is 0 Å². The van der Waals surface area contributed by atoms with Gasteiger partial charge in [0.05, 0.1) is 78.2 Å². The van der Waals surface area contributed by atoms with Crippen LogP contribution >= 0.6 is 0 Å². The Bertz CT molecular complexity index is 3220. The number of rotatable bonds is 31. The van der Waals surface area contributed by atoms with Gasteiger partial charge >= 0.3 is 0 Å². The van der Waals surface area contributed by atoms with Crippen molar-refractivity contribution in [1.29, 1.82) is 0 Å². The first kappa shape index (κ1) is 73.5. The van der Waals surface area contributed by atoms with Gasteiger partial charge in [-0.3, -0.25) is 0 Å². The zero-order valence-electron chi connectivity index (χ0n) is 54.5. The number of nitrogens with two attached hydrogens (primary N) is 1. The minimum atomic E-state index is -1.96. The maximum absolute atomic E-state index is 12.8.